The summed E-state index contributed by atoms with van der Waals surface area (Å²) in [6.45, 7) is 0. The zero-order chi connectivity index (χ0) is 8.97. The van der Waals surface area contributed by atoms with Crippen LogP contribution in [0.2, 0.25) is 0 Å². The molecule has 2 atom stereocenters. The smallest absolute Gasteiger partial charge is 0.306 e. The van der Waals surface area contributed by atoms with Crippen LogP contribution in [0.1, 0.15) is 25.7 Å². The molecule has 2 N–H and O–H groups in total. The van der Waals surface area contributed by atoms with Gasteiger partial charge in [0.25, 0.3) is 0 Å². The molecule has 0 radical (unpaired) electrons. The third-order valence-corrected chi connectivity index (χ3v) is 2.20. The van der Waals surface area contributed by atoms with E-state index in [0.717, 1.165) is 6.42 Å². The topological polar surface area (TPSA) is 57.5 Å². The summed E-state index contributed by atoms with van der Waals surface area (Å²) in [7, 11) is 0. The molecule has 1 aliphatic carbocycles. The van der Waals surface area contributed by atoms with Crippen LogP contribution in [0.25, 0.3) is 0 Å². The summed E-state index contributed by atoms with van der Waals surface area (Å²) in [5.41, 5.74) is 0. The highest BCUT2D eigenvalue weighted by Crippen LogP contribution is 2.18. The molecule has 0 aromatic carbocycles. The second kappa shape index (κ2) is 4.26. The van der Waals surface area contributed by atoms with Crippen LogP contribution >= 0.6 is 0 Å². The van der Waals surface area contributed by atoms with Crippen LogP contribution in [0.3, 0.4) is 0 Å². The first kappa shape index (κ1) is 9.26. The molecular formula is C9H14O3. The summed E-state index contributed by atoms with van der Waals surface area (Å²) in [4.78, 5) is 10.6. The summed E-state index contributed by atoms with van der Waals surface area (Å²) in [6, 6.07) is 0. The average molecular weight is 170 g/mol. The van der Waals surface area contributed by atoms with Crippen molar-refractivity contribution in [3.8, 4) is 0 Å². The van der Waals surface area contributed by atoms with Gasteiger partial charge in [-0.25, -0.2) is 0 Å². The van der Waals surface area contributed by atoms with Crippen molar-refractivity contribution in [2.75, 3.05) is 0 Å². The zero-order valence-corrected chi connectivity index (χ0v) is 6.94. The van der Waals surface area contributed by atoms with Crippen LogP contribution in [-0.4, -0.2) is 22.3 Å². The second-order valence-corrected chi connectivity index (χ2v) is 3.19. The summed E-state index contributed by atoms with van der Waals surface area (Å²) in [5, 5.41) is 18.0. The largest absolute Gasteiger partial charge is 0.481 e. The number of carboxylic acid groups (broad SMARTS) is 1. The number of hydrogen-bond donors (Lipinski definition) is 2. The van der Waals surface area contributed by atoms with Gasteiger partial charge in [0.05, 0.1) is 12.0 Å². The van der Waals surface area contributed by atoms with Gasteiger partial charge in [-0.1, -0.05) is 12.2 Å². The highest BCUT2D eigenvalue weighted by molar-refractivity contribution is 5.69. The van der Waals surface area contributed by atoms with E-state index in [2.05, 4.69) is 0 Å². The second-order valence-electron chi connectivity index (χ2n) is 3.19. The predicted octanol–water partition coefficient (Wildman–Crippen LogP) is 1.18. The fraction of sp³-hybridized carbons (Fsp3) is 0.667. The Kier molecular flexibility index (Phi) is 3.29. The van der Waals surface area contributed by atoms with Gasteiger partial charge in [-0.3, -0.25) is 4.79 Å². The Labute approximate surface area is 71.7 Å². The van der Waals surface area contributed by atoms with Crippen LogP contribution in [0.4, 0.5) is 0 Å². The van der Waals surface area contributed by atoms with Crippen molar-refractivity contribution in [2.24, 2.45) is 5.92 Å². The number of aliphatic hydroxyl groups excluding tert-OH is 1. The Hall–Kier alpha value is -0.830. The first-order chi connectivity index (χ1) is 5.70. The molecule has 0 spiro atoms. The van der Waals surface area contributed by atoms with E-state index in [9.17, 15) is 9.90 Å². The van der Waals surface area contributed by atoms with Gasteiger partial charge in [0.15, 0.2) is 0 Å². The maximum Gasteiger partial charge on any atom is 0.306 e. The first-order valence-corrected chi connectivity index (χ1v) is 4.27. The summed E-state index contributed by atoms with van der Waals surface area (Å²) in [5.74, 6) is -1.01. The molecule has 1 unspecified atom stereocenters. The molecule has 1 rings (SSSR count). The predicted molar refractivity (Wildman–Crippen MR) is 44.7 cm³/mol. The van der Waals surface area contributed by atoms with E-state index in [1.165, 1.54) is 0 Å². The molecule has 68 valence electrons. The number of aliphatic hydroxyl groups is 1. The first-order valence-electron chi connectivity index (χ1n) is 4.27. The van der Waals surface area contributed by atoms with Gasteiger partial charge in [-0.05, 0) is 25.7 Å². The third kappa shape index (κ3) is 2.66. The van der Waals surface area contributed by atoms with Crippen molar-refractivity contribution in [3.63, 3.8) is 0 Å². The van der Waals surface area contributed by atoms with Crippen LogP contribution in [0.5, 0.6) is 0 Å². The van der Waals surface area contributed by atoms with Crippen LogP contribution in [-0.2, 0) is 4.79 Å². The minimum Gasteiger partial charge on any atom is -0.481 e. The highest BCUT2D eigenvalue weighted by atomic mass is 16.4. The number of hydrogen-bond acceptors (Lipinski definition) is 2. The minimum absolute atomic E-state index is 0.274. The Morgan fingerprint density at radius 2 is 2.08 bits per heavy atom. The monoisotopic (exact) mass is 170 g/mol. The molecule has 0 heterocycles. The molecule has 0 saturated carbocycles. The molecule has 0 bridgehead atoms. The van der Waals surface area contributed by atoms with Gasteiger partial charge in [-0.15, -0.1) is 0 Å². The lowest BCUT2D eigenvalue weighted by Crippen LogP contribution is -2.17. The lowest BCUT2D eigenvalue weighted by Gasteiger charge is -2.15. The fourth-order valence-electron chi connectivity index (χ4n) is 1.41. The Morgan fingerprint density at radius 3 is 2.75 bits per heavy atom. The maximum atomic E-state index is 10.6. The van der Waals surface area contributed by atoms with Crippen molar-refractivity contribution < 1.29 is 15.0 Å². The summed E-state index contributed by atoms with van der Waals surface area (Å²) in [6.07, 6.45) is 5.76. The standard InChI is InChI=1S/C9H14O3/c10-8-4-2-1-3-7(5-6-8)9(11)12/h2,4,7-8,10H,1,3,5-6H2,(H,11,12)/b4-2+/t7-,8?/m0/s1. The zero-order valence-electron chi connectivity index (χ0n) is 6.94. The van der Waals surface area contributed by atoms with Crippen molar-refractivity contribution >= 4 is 5.97 Å². The molecule has 0 aromatic heterocycles. The van der Waals surface area contributed by atoms with Crippen LogP contribution in [0.15, 0.2) is 12.2 Å². The number of carboxylic acids is 1. The number of allylic oxidation sites excluding steroid dienone is 1. The van der Waals surface area contributed by atoms with Crippen molar-refractivity contribution in [2.45, 2.75) is 31.8 Å². The van der Waals surface area contributed by atoms with E-state index >= 15 is 0 Å². The molecule has 0 aromatic rings. The summed E-state index contributed by atoms with van der Waals surface area (Å²) < 4.78 is 0. The molecule has 0 amide bonds. The van der Waals surface area contributed by atoms with E-state index in [-0.39, 0.29) is 5.92 Å². The molecule has 1 aliphatic rings. The lowest BCUT2D eigenvalue weighted by molar-refractivity contribution is -0.142. The van der Waals surface area contributed by atoms with E-state index in [0.29, 0.717) is 19.3 Å². The van der Waals surface area contributed by atoms with E-state index in [4.69, 9.17) is 5.11 Å². The van der Waals surface area contributed by atoms with Gasteiger partial charge in [-0.2, -0.15) is 0 Å². The molecule has 3 nitrogen and oxygen atoms in total. The molecule has 0 fully saturated rings. The highest BCUT2D eigenvalue weighted by Gasteiger charge is 2.18. The Bertz CT molecular complexity index is 186. The molecule has 3 heteroatoms. The molecule has 0 saturated heterocycles. The minimum atomic E-state index is -0.738. The van der Waals surface area contributed by atoms with Crippen molar-refractivity contribution in [3.05, 3.63) is 12.2 Å². The summed E-state index contributed by atoms with van der Waals surface area (Å²) >= 11 is 0. The number of aliphatic carboxylic acids is 1. The van der Waals surface area contributed by atoms with Gasteiger partial charge < -0.3 is 10.2 Å². The number of carbonyl (C=O) groups is 1. The SMILES string of the molecule is O=C(O)[C@H]1CC/C=C/C(O)CC1. The van der Waals surface area contributed by atoms with E-state index in [1.54, 1.807) is 6.08 Å². The van der Waals surface area contributed by atoms with Crippen LogP contribution < -0.4 is 0 Å². The fourth-order valence-corrected chi connectivity index (χ4v) is 1.41. The van der Waals surface area contributed by atoms with Gasteiger partial charge in [0.2, 0.25) is 0 Å². The van der Waals surface area contributed by atoms with Gasteiger partial charge in [0, 0.05) is 0 Å². The normalized spacial score (nSPS) is 33.4. The average Bonchev–Trinajstić information content (AvgIpc) is 1.97. The van der Waals surface area contributed by atoms with Gasteiger partial charge in [0.1, 0.15) is 0 Å². The molecule has 0 aliphatic heterocycles. The maximum absolute atomic E-state index is 10.6. The van der Waals surface area contributed by atoms with Gasteiger partial charge >= 0.3 is 5.97 Å². The van der Waals surface area contributed by atoms with Crippen molar-refractivity contribution in [1.82, 2.24) is 0 Å². The number of rotatable bonds is 1. The van der Waals surface area contributed by atoms with Crippen molar-refractivity contribution in [1.29, 1.82) is 0 Å². The van der Waals surface area contributed by atoms with Crippen LogP contribution in [0, 0.1) is 5.92 Å². The molecular weight excluding hydrogens is 156 g/mol. The van der Waals surface area contributed by atoms with E-state index in [1.807, 2.05) is 6.08 Å². The molecule has 12 heavy (non-hydrogen) atoms. The Balaban J connectivity index is 2.49. The van der Waals surface area contributed by atoms with E-state index < -0.39 is 12.1 Å². The Morgan fingerprint density at radius 1 is 1.33 bits per heavy atom. The quantitative estimate of drug-likeness (QED) is 0.581. The lowest BCUT2D eigenvalue weighted by atomic mass is 9.93. The third-order valence-electron chi connectivity index (χ3n) is 2.20.